The van der Waals surface area contributed by atoms with E-state index in [0.717, 1.165) is 12.8 Å². The summed E-state index contributed by atoms with van der Waals surface area (Å²) in [6, 6.07) is 0. The van der Waals surface area contributed by atoms with Gasteiger partial charge < -0.3 is 10.1 Å². The third-order valence-corrected chi connectivity index (χ3v) is 1.99. The van der Waals surface area contributed by atoms with Crippen LogP contribution in [0, 0.1) is 0 Å². The zero-order chi connectivity index (χ0) is 11.3. The second kappa shape index (κ2) is 5.34. The van der Waals surface area contributed by atoms with Gasteiger partial charge in [0, 0.05) is 19.0 Å². The number of hydrogen-bond donors (Lipinski definition) is 1. The lowest BCUT2D eigenvalue weighted by atomic mass is 10.2. The van der Waals surface area contributed by atoms with Crippen LogP contribution in [0.5, 0.6) is 0 Å². The molecule has 15 heavy (non-hydrogen) atoms. The number of nitrogens with one attached hydrogen (secondary N) is 1. The fourth-order valence-electron chi connectivity index (χ4n) is 1.20. The lowest BCUT2D eigenvalue weighted by molar-refractivity contribution is -0.133. The van der Waals surface area contributed by atoms with Crippen LogP contribution in [0.4, 0.5) is 0 Å². The van der Waals surface area contributed by atoms with Crippen molar-refractivity contribution in [3.05, 3.63) is 23.5 Å². The van der Waals surface area contributed by atoms with Gasteiger partial charge in [0.25, 0.3) is 0 Å². The SMILES string of the molecule is CC(=O)NCCC/C=C1\C=C(C)C(=O)O1. The van der Waals surface area contributed by atoms with E-state index in [4.69, 9.17) is 4.74 Å². The lowest BCUT2D eigenvalue weighted by Gasteiger charge is -1.99. The van der Waals surface area contributed by atoms with Gasteiger partial charge in [-0.05, 0) is 31.9 Å². The molecule has 0 spiro atoms. The zero-order valence-corrected chi connectivity index (χ0v) is 9.00. The minimum absolute atomic E-state index is 0.0225. The predicted molar refractivity (Wildman–Crippen MR) is 55.8 cm³/mol. The minimum atomic E-state index is -0.275. The quantitative estimate of drug-likeness (QED) is 0.560. The van der Waals surface area contributed by atoms with E-state index in [0.29, 0.717) is 17.9 Å². The van der Waals surface area contributed by atoms with Gasteiger partial charge in [-0.25, -0.2) is 4.79 Å². The van der Waals surface area contributed by atoms with Crippen LogP contribution >= 0.6 is 0 Å². The van der Waals surface area contributed by atoms with Gasteiger partial charge in [0.15, 0.2) is 0 Å². The molecule has 1 aliphatic rings. The maximum absolute atomic E-state index is 11.0. The molecule has 1 rings (SSSR count). The van der Waals surface area contributed by atoms with E-state index in [1.165, 1.54) is 6.92 Å². The Kier molecular flexibility index (Phi) is 4.09. The van der Waals surface area contributed by atoms with Crippen molar-refractivity contribution < 1.29 is 14.3 Å². The Hall–Kier alpha value is -1.58. The summed E-state index contributed by atoms with van der Waals surface area (Å²) in [5.74, 6) is 0.314. The smallest absolute Gasteiger partial charge is 0.339 e. The number of amides is 1. The molecule has 82 valence electrons. The highest BCUT2D eigenvalue weighted by Gasteiger charge is 2.15. The maximum Gasteiger partial charge on any atom is 0.339 e. The maximum atomic E-state index is 11.0. The van der Waals surface area contributed by atoms with Crippen LogP contribution in [0.25, 0.3) is 0 Å². The zero-order valence-electron chi connectivity index (χ0n) is 9.00. The molecule has 0 aromatic carbocycles. The molecule has 1 amide bonds. The van der Waals surface area contributed by atoms with Crippen molar-refractivity contribution in [1.29, 1.82) is 0 Å². The van der Waals surface area contributed by atoms with Gasteiger partial charge in [-0.3, -0.25) is 4.79 Å². The Balaban J connectivity index is 2.23. The first-order valence-corrected chi connectivity index (χ1v) is 4.94. The normalized spacial score (nSPS) is 17.6. The van der Waals surface area contributed by atoms with Gasteiger partial charge in [0.1, 0.15) is 5.76 Å². The summed E-state index contributed by atoms with van der Waals surface area (Å²) in [5, 5.41) is 2.70. The van der Waals surface area contributed by atoms with E-state index >= 15 is 0 Å². The molecule has 0 unspecified atom stereocenters. The van der Waals surface area contributed by atoms with Gasteiger partial charge in [0.2, 0.25) is 5.91 Å². The van der Waals surface area contributed by atoms with E-state index in [2.05, 4.69) is 5.32 Å². The van der Waals surface area contributed by atoms with Gasteiger partial charge in [-0.1, -0.05) is 0 Å². The third-order valence-electron chi connectivity index (χ3n) is 1.99. The Morgan fingerprint density at radius 3 is 2.87 bits per heavy atom. The molecule has 0 bridgehead atoms. The molecule has 0 atom stereocenters. The average Bonchev–Trinajstić information content (AvgIpc) is 2.45. The number of esters is 1. The summed E-state index contributed by atoms with van der Waals surface area (Å²) in [6.07, 6.45) is 5.21. The van der Waals surface area contributed by atoms with E-state index in [9.17, 15) is 9.59 Å². The number of carbonyl (C=O) groups excluding carboxylic acids is 2. The largest absolute Gasteiger partial charge is 0.424 e. The third kappa shape index (κ3) is 3.97. The predicted octanol–water partition coefficient (Wildman–Crippen LogP) is 1.29. The molecule has 0 aromatic heterocycles. The van der Waals surface area contributed by atoms with Gasteiger partial charge >= 0.3 is 5.97 Å². The summed E-state index contributed by atoms with van der Waals surface area (Å²) in [4.78, 5) is 21.5. The summed E-state index contributed by atoms with van der Waals surface area (Å²) < 4.78 is 4.94. The fraction of sp³-hybridized carbons (Fsp3) is 0.455. The molecular weight excluding hydrogens is 194 g/mol. The first-order valence-electron chi connectivity index (χ1n) is 4.94. The van der Waals surface area contributed by atoms with Crippen LogP contribution in [0.1, 0.15) is 26.7 Å². The highest BCUT2D eigenvalue weighted by Crippen LogP contribution is 2.16. The molecular formula is C11H15NO3. The van der Waals surface area contributed by atoms with Crippen molar-refractivity contribution in [1.82, 2.24) is 5.32 Å². The van der Waals surface area contributed by atoms with Crippen LogP contribution in [0.2, 0.25) is 0 Å². The van der Waals surface area contributed by atoms with Crippen molar-refractivity contribution in [2.45, 2.75) is 26.7 Å². The molecule has 0 radical (unpaired) electrons. The molecule has 4 heteroatoms. The molecule has 0 saturated heterocycles. The van der Waals surface area contributed by atoms with Gasteiger partial charge in [0.05, 0.1) is 0 Å². The second-order valence-corrected chi connectivity index (χ2v) is 3.45. The second-order valence-electron chi connectivity index (χ2n) is 3.45. The Morgan fingerprint density at radius 2 is 2.33 bits per heavy atom. The van der Waals surface area contributed by atoms with E-state index in [1.54, 1.807) is 13.0 Å². The summed E-state index contributed by atoms with van der Waals surface area (Å²) in [6.45, 7) is 3.86. The number of hydrogen-bond acceptors (Lipinski definition) is 3. The summed E-state index contributed by atoms with van der Waals surface area (Å²) >= 11 is 0. The number of allylic oxidation sites excluding steroid dienone is 2. The molecule has 0 aromatic rings. The topological polar surface area (TPSA) is 55.4 Å². The molecule has 0 fully saturated rings. The molecule has 4 nitrogen and oxygen atoms in total. The first kappa shape index (κ1) is 11.5. The number of ether oxygens (including phenoxy) is 1. The van der Waals surface area contributed by atoms with Crippen LogP contribution < -0.4 is 5.32 Å². The molecule has 0 saturated carbocycles. The Morgan fingerprint density at radius 1 is 1.60 bits per heavy atom. The van der Waals surface area contributed by atoms with Crippen LogP contribution in [0.15, 0.2) is 23.5 Å². The van der Waals surface area contributed by atoms with E-state index in [1.807, 2.05) is 6.08 Å². The van der Waals surface area contributed by atoms with Crippen molar-refractivity contribution in [2.75, 3.05) is 6.54 Å². The molecule has 1 heterocycles. The van der Waals surface area contributed by atoms with Gasteiger partial charge in [-0.2, -0.15) is 0 Å². The Labute approximate surface area is 89.0 Å². The standard InChI is InChI=1S/C11H15NO3/c1-8-7-10(15-11(8)14)5-3-4-6-12-9(2)13/h5,7H,3-4,6H2,1-2H3,(H,12,13)/b10-5+. The molecule has 1 N–H and O–H groups in total. The number of cyclic esters (lactones) is 1. The fourth-order valence-corrected chi connectivity index (χ4v) is 1.20. The summed E-state index contributed by atoms with van der Waals surface area (Å²) in [7, 11) is 0. The minimum Gasteiger partial charge on any atom is -0.424 e. The average molecular weight is 209 g/mol. The number of unbranched alkanes of at least 4 members (excludes halogenated alkanes) is 1. The summed E-state index contributed by atoms with van der Waals surface area (Å²) in [5.41, 5.74) is 0.628. The van der Waals surface area contributed by atoms with E-state index in [-0.39, 0.29) is 11.9 Å². The monoisotopic (exact) mass is 209 g/mol. The van der Waals surface area contributed by atoms with Gasteiger partial charge in [-0.15, -0.1) is 0 Å². The van der Waals surface area contributed by atoms with E-state index < -0.39 is 0 Å². The highest BCUT2D eigenvalue weighted by molar-refractivity contribution is 5.92. The van der Waals surface area contributed by atoms with Crippen molar-refractivity contribution in [3.8, 4) is 0 Å². The molecule has 1 aliphatic heterocycles. The van der Waals surface area contributed by atoms with Crippen molar-refractivity contribution in [2.24, 2.45) is 0 Å². The van der Waals surface area contributed by atoms with Crippen LogP contribution in [-0.4, -0.2) is 18.4 Å². The van der Waals surface area contributed by atoms with Crippen LogP contribution in [0.3, 0.4) is 0 Å². The van der Waals surface area contributed by atoms with Crippen molar-refractivity contribution in [3.63, 3.8) is 0 Å². The Bertz CT molecular complexity index is 329. The lowest BCUT2D eigenvalue weighted by Crippen LogP contribution is -2.20. The first-order chi connectivity index (χ1) is 7.09. The number of carbonyl (C=O) groups is 2. The molecule has 0 aliphatic carbocycles. The van der Waals surface area contributed by atoms with Crippen LogP contribution in [-0.2, 0) is 14.3 Å². The highest BCUT2D eigenvalue weighted by atomic mass is 16.5. The van der Waals surface area contributed by atoms with Crippen molar-refractivity contribution >= 4 is 11.9 Å². The number of rotatable bonds is 4.